The molecule has 0 bridgehead atoms. The van der Waals surface area contributed by atoms with Crippen molar-refractivity contribution in [2.75, 3.05) is 33.4 Å². The van der Waals surface area contributed by atoms with Gasteiger partial charge in [-0.3, -0.25) is 4.90 Å². The van der Waals surface area contributed by atoms with E-state index in [1.165, 1.54) is 0 Å². The minimum absolute atomic E-state index is 0.0886. The van der Waals surface area contributed by atoms with Crippen LogP contribution in [0.25, 0.3) is 0 Å². The first kappa shape index (κ1) is 16.4. The summed E-state index contributed by atoms with van der Waals surface area (Å²) < 4.78 is 19.2. The number of rotatable bonds is 7. The van der Waals surface area contributed by atoms with Crippen molar-refractivity contribution in [2.24, 2.45) is 5.92 Å². The van der Waals surface area contributed by atoms with E-state index < -0.39 is 0 Å². The van der Waals surface area contributed by atoms with Gasteiger partial charge in [0.05, 0.1) is 0 Å². The summed E-state index contributed by atoms with van der Waals surface area (Å²) in [4.78, 5) is 2.35. The molecule has 0 atom stereocenters. The fourth-order valence-electron chi connectivity index (χ4n) is 2.92. The molecule has 1 aromatic rings. The maximum absolute atomic E-state index is 14.0. The predicted octanol–water partition coefficient (Wildman–Crippen LogP) is 2.79. The molecule has 1 saturated heterocycles. The third-order valence-electron chi connectivity index (χ3n) is 4.19. The van der Waals surface area contributed by atoms with Crippen molar-refractivity contribution < 1.29 is 9.13 Å². The molecule has 0 aromatic heterocycles. The molecule has 0 unspecified atom stereocenters. The Kier molecular flexibility index (Phi) is 6.61. The third kappa shape index (κ3) is 5.06. The van der Waals surface area contributed by atoms with Crippen molar-refractivity contribution in [1.29, 1.82) is 0 Å². The Morgan fingerprint density at radius 1 is 1.33 bits per heavy atom. The summed E-state index contributed by atoms with van der Waals surface area (Å²) in [5.41, 5.74) is 1.97. The molecule has 1 fully saturated rings. The van der Waals surface area contributed by atoms with Gasteiger partial charge >= 0.3 is 0 Å². The average molecular weight is 294 g/mol. The zero-order valence-corrected chi connectivity index (χ0v) is 13.2. The number of nitrogens with zero attached hydrogens (tertiary/aromatic N) is 1. The lowest BCUT2D eigenvalue weighted by molar-refractivity contribution is 0.0963. The van der Waals surface area contributed by atoms with E-state index in [2.05, 4.69) is 17.1 Å². The van der Waals surface area contributed by atoms with Gasteiger partial charge < -0.3 is 10.1 Å². The summed E-state index contributed by atoms with van der Waals surface area (Å²) in [5, 5.41) is 3.28. The average Bonchev–Trinajstić information content (AvgIpc) is 2.50. The van der Waals surface area contributed by atoms with Crippen molar-refractivity contribution in [3.8, 4) is 0 Å². The van der Waals surface area contributed by atoms with E-state index in [9.17, 15) is 4.39 Å². The Bertz CT molecular complexity index is 431. The van der Waals surface area contributed by atoms with E-state index in [0.29, 0.717) is 12.5 Å². The SMILES string of the molecule is CCNCc1ccc(F)c(CN2CCC(COC)CC2)c1. The number of hydrogen-bond acceptors (Lipinski definition) is 3. The van der Waals surface area contributed by atoms with Crippen LogP contribution in [0, 0.1) is 11.7 Å². The summed E-state index contributed by atoms with van der Waals surface area (Å²) in [6.07, 6.45) is 2.29. The molecule has 1 aliphatic rings. The van der Waals surface area contributed by atoms with Crippen LogP contribution in [-0.4, -0.2) is 38.3 Å². The van der Waals surface area contributed by atoms with E-state index in [1.54, 1.807) is 13.2 Å². The van der Waals surface area contributed by atoms with Crippen molar-refractivity contribution in [2.45, 2.75) is 32.9 Å². The topological polar surface area (TPSA) is 24.5 Å². The number of methoxy groups -OCH3 is 1. The second kappa shape index (κ2) is 8.47. The summed E-state index contributed by atoms with van der Waals surface area (Å²) in [6.45, 7) is 7.44. The van der Waals surface area contributed by atoms with E-state index >= 15 is 0 Å². The van der Waals surface area contributed by atoms with E-state index in [4.69, 9.17) is 4.74 Å². The largest absolute Gasteiger partial charge is 0.384 e. The standard InChI is InChI=1S/C17H27FN2O/c1-3-19-11-15-4-5-17(18)16(10-15)12-20-8-6-14(7-9-20)13-21-2/h4-5,10,14,19H,3,6-9,11-13H2,1-2H3. The molecule has 2 rings (SSSR count). The van der Waals surface area contributed by atoms with E-state index in [0.717, 1.165) is 56.8 Å². The quantitative estimate of drug-likeness (QED) is 0.837. The Balaban J connectivity index is 1.90. The highest BCUT2D eigenvalue weighted by Gasteiger charge is 2.20. The molecule has 0 aliphatic carbocycles. The molecule has 21 heavy (non-hydrogen) atoms. The van der Waals surface area contributed by atoms with Gasteiger partial charge in [0.1, 0.15) is 5.82 Å². The number of benzene rings is 1. The van der Waals surface area contributed by atoms with Gasteiger partial charge in [-0.15, -0.1) is 0 Å². The second-order valence-corrected chi connectivity index (χ2v) is 5.88. The number of piperidine rings is 1. The maximum atomic E-state index is 14.0. The monoisotopic (exact) mass is 294 g/mol. The van der Waals surface area contributed by atoms with Gasteiger partial charge in [-0.2, -0.15) is 0 Å². The summed E-state index contributed by atoms with van der Waals surface area (Å²) in [5.74, 6) is 0.574. The number of hydrogen-bond donors (Lipinski definition) is 1. The zero-order chi connectivity index (χ0) is 15.1. The summed E-state index contributed by atoms with van der Waals surface area (Å²) in [6, 6.07) is 5.46. The van der Waals surface area contributed by atoms with Gasteiger partial charge in [-0.05, 0) is 50.0 Å². The molecule has 0 spiro atoms. The van der Waals surface area contributed by atoms with Gasteiger partial charge in [0.25, 0.3) is 0 Å². The Morgan fingerprint density at radius 2 is 2.10 bits per heavy atom. The van der Waals surface area contributed by atoms with Crippen LogP contribution < -0.4 is 5.32 Å². The van der Waals surface area contributed by atoms with Crippen LogP contribution in [0.3, 0.4) is 0 Å². The van der Waals surface area contributed by atoms with Gasteiger partial charge in [-0.1, -0.05) is 19.1 Å². The van der Waals surface area contributed by atoms with Gasteiger partial charge in [-0.25, -0.2) is 4.39 Å². The van der Waals surface area contributed by atoms with Crippen LogP contribution >= 0.6 is 0 Å². The van der Waals surface area contributed by atoms with E-state index in [1.807, 2.05) is 12.1 Å². The minimum atomic E-state index is -0.0886. The van der Waals surface area contributed by atoms with Crippen molar-refractivity contribution in [1.82, 2.24) is 10.2 Å². The highest BCUT2D eigenvalue weighted by atomic mass is 19.1. The maximum Gasteiger partial charge on any atom is 0.127 e. The van der Waals surface area contributed by atoms with E-state index in [-0.39, 0.29) is 5.82 Å². The van der Waals surface area contributed by atoms with Crippen molar-refractivity contribution in [3.05, 3.63) is 35.1 Å². The van der Waals surface area contributed by atoms with Crippen LogP contribution in [0.1, 0.15) is 30.9 Å². The lowest BCUT2D eigenvalue weighted by atomic mass is 9.97. The first-order valence-electron chi connectivity index (χ1n) is 7.92. The number of nitrogens with one attached hydrogen (secondary N) is 1. The van der Waals surface area contributed by atoms with Gasteiger partial charge in [0, 0.05) is 32.4 Å². The van der Waals surface area contributed by atoms with Gasteiger partial charge in [0.2, 0.25) is 0 Å². The lowest BCUT2D eigenvalue weighted by Crippen LogP contribution is -2.34. The summed E-state index contributed by atoms with van der Waals surface area (Å²) >= 11 is 0. The molecular formula is C17H27FN2O. The first-order valence-corrected chi connectivity index (χ1v) is 7.92. The predicted molar refractivity (Wildman–Crippen MR) is 83.7 cm³/mol. The van der Waals surface area contributed by atoms with Crippen LogP contribution in [0.2, 0.25) is 0 Å². The molecule has 4 heteroatoms. The lowest BCUT2D eigenvalue weighted by Gasteiger charge is -2.31. The molecule has 1 aliphatic heterocycles. The first-order chi connectivity index (χ1) is 10.2. The molecule has 0 saturated carbocycles. The second-order valence-electron chi connectivity index (χ2n) is 5.88. The Labute approximate surface area is 127 Å². The molecule has 1 aromatic carbocycles. The molecule has 1 heterocycles. The molecule has 0 radical (unpaired) electrons. The fraction of sp³-hybridized carbons (Fsp3) is 0.647. The number of ether oxygens (including phenoxy) is 1. The van der Waals surface area contributed by atoms with Crippen LogP contribution in [0.15, 0.2) is 18.2 Å². The van der Waals surface area contributed by atoms with Crippen LogP contribution in [0.5, 0.6) is 0 Å². The fourth-order valence-corrected chi connectivity index (χ4v) is 2.92. The highest BCUT2D eigenvalue weighted by Crippen LogP contribution is 2.20. The van der Waals surface area contributed by atoms with Crippen molar-refractivity contribution >= 4 is 0 Å². The molecule has 3 nitrogen and oxygen atoms in total. The summed E-state index contributed by atoms with van der Waals surface area (Å²) in [7, 11) is 1.76. The smallest absolute Gasteiger partial charge is 0.127 e. The normalized spacial score (nSPS) is 17.3. The number of likely N-dealkylation sites (tertiary alicyclic amines) is 1. The molecule has 0 amide bonds. The van der Waals surface area contributed by atoms with Crippen molar-refractivity contribution in [3.63, 3.8) is 0 Å². The van der Waals surface area contributed by atoms with Gasteiger partial charge in [0.15, 0.2) is 0 Å². The minimum Gasteiger partial charge on any atom is -0.384 e. The molecule has 1 N–H and O–H groups in total. The van der Waals surface area contributed by atoms with Crippen LogP contribution in [0.4, 0.5) is 4.39 Å². The zero-order valence-electron chi connectivity index (χ0n) is 13.2. The third-order valence-corrected chi connectivity index (χ3v) is 4.19. The molecule has 118 valence electrons. The Morgan fingerprint density at radius 3 is 2.76 bits per heavy atom. The van der Waals surface area contributed by atoms with Crippen LogP contribution in [-0.2, 0) is 17.8 Å². The highest BCUT2D eigenvalue weighted by molar-refractivity contribution is 5.25. The Hall–Kier alpha value is -0.970. The molecular weight excluding hydrogens is 267 g/mol. The number of halogens is 1.